The van der Waals surface area contributed by atoms with E-state index in [0.717, 1.165) is 135 Å². The van der Waals surface area contributed by atoms with Crippen LogP contribution in [-0.4, -0.2) is 37.2 Å². The number of allylic oxidation sites excluding steroid dienone is 18. The minimum absolute atomic E-state index is 0.107. The lowest BCUT2D eigenvalue weighted by Crippen LogP contribution is -2.30. The number of ether oxygens (including phenoxy) is 3. The second-order valence-corrected chi connectivity index (χ2v) is 16.7. The van der Waals surface area contributed by atoms with E-state index in [1.54, 1.807) is 0 Å². The predicted octanol–water partition coefficient (Wildman–Crippen LogP) is 17.1. The third kappa shape index (κ3) is 49.1. The van der Waals surface area contributed by atoms with Gasteiger partial charge in [0, 0.05) is 19.3 Å². The lowest BCUT2D eigenvalue weighted by molar-refractivity contribution is -0.167. The van der Waals surface area contributed by atoms with Gasteiger partial charge in [0.15, 0.2) is 6.10 Å². The second kappa shape index (κ2) is 51.7. The Morgan fingerprint density at radius 3 is 1.11 bits per heavy atom. The summed E-state index contributed by atoms with van der Waals surface area (Å²) in [5, 5.41) is 0. The van der Waals surface area contributed by atoms with E-state index in [0.29, 0.717) is 19.3 Å². The normalized spacial score (nSPS) is 13.0. The fourth-order valence-electron chi connectivity index (χ4n) is 6.71. The van der Waals surface area contributed by atoms with Crippen molar-refractivity contribution in [3.63, 3.8) is 0 Å². The van der Waals surface area contributed by atoms with Gasteiger partial charge in [0.1, 0.15) is 13.2 Å². The summed E-state index contributed by atoms with van der Waals surface area (Å²) < 4.78 is 16.7. The Hall–Kier alpha value is -3.93. The zero-order valence-electron chi connectivity index (χ0n) is 41.3. The number of hydrogen-bond donors (Lipinski definition) is 0. The average Bonchev–Trinajstić information content (AvgIpc) is 3.29. The summed E-state index contributed by atoms with van der Waals surface area (Å²) in [6.45, 7) is 6.31. The van der Waals surface area contributed by atoms with Crippen LogP contribution in [0.4, 0.5) is 0 Å². The Balaban J connectivity index is 4.42. The highest BCUT2D eigenvalue weighted by Crippen LogP contribution is 2.13. The van der Waals surface area contributed by atoms with Gasteiger partial charge >= 0.3 is 17.9 Å². The van der Waals surface area contributed by atoms with Crippen LogP contribution in [-0.2, 0) is 28.6 Å². The molecule has 0 aromatic rings. The van der Waals surface area contributed by atoms with E-state index in [4.69, 9.17) is 14.2 Å². The smallest absolute Gasteiger partial charge is 0.306 e. The molecule has 1 unspecified atom stereocenters. The number of hydrogen-bond acceptors (Lipinski definition) is 6. The van der Waals surface area contributed by atoms with Gasteiger partial charge in [-0.15, -0.1) is 0 Å². The van der Waals surface area contributed by atoms with Crippen molar-refractivity contribution in [2.45, 2.75) is 226 Å². The van der Waals surface area contributed by atoms with Crippen molar-refractivity contribution in [3.05, 3.63) is 109 Å². The first-order chi connectivity index (χ1) is 31.5. The molecule has 0 rings (SSSR count). The molecule has 0 aromatic heterocycles. The van der Waals surface area contributed by atoms with E-state index in [2.05, 4.69) is 130 Å². The number of carbonyl (C=O) groups excluding carboxylic acids is 3. The summed E-state index contributed by atoms with van der Waals surface area (Å²) in [5.41, 5.74) is 0. The lowest BCUT2D eigenvalue weighted by Gasteiger charge is -2.18. The minimum atomic E-state index is -0.809. The summed E-state index contributed by atoms with van der Waals surface area (Å²) in [4.78, 5) is 37.9. The van der Waals surface area contributed by atoms with Crippen molar-refractivity contribution in [1.82, 2.24) is 0 Å². The molecule has 0 aromatic carbocycles. The molecule has 362 valence electrons. The van der Waals surface area contributed by atoms with Gasteiger partial charge in [-0.25, -0.2) is 0 Å². The molecule has 0 aliphatic rings. The average molecular weight is 887 g/mol. The van der Waals surface area contributed by atoms with Gasteiger partial charge < -0.3 is 14.2 Å². The fraction of sp³-hybridized carbons (Fsp3) is 0.638. The molecule has 0 aliphatic heterocycles. The van der Waals surface area contributed by atoms with Crippen LogP contribution in [0.1, 0.15) is 220 Å². The van der Waals surface area contributed by atoms with Gasteiger partial charge in [-0.3, -0.25) is 14.4 Å². The Labute approximate surface area is 393 Å². The molecule has 0 heterocycles. The lowest BCUT2D eigenvalue weighted by atomic mass is 10.1. The fourth-order valence-corrected chi connectivity index (χ4v) is 6.71. The molecule has 0 spiro atoms. The molecular weight excluding hydrogens is 793 g/mol. The van der Waals surface area contributed by atoms with Crippen LogP contribution in [0, 0.1) is 0 Å². The molecule has 0 saturated carbocycles. The van der Waals surface area contributed by atoms with E-state index in [1.165, 1.54) is 44.9 Å². The zero-order chi connectivity index (χ0) is 46.5. The first-order valence-electron chi connectivity index (χ1n) is 25.9. The van der Waals surface area contributed by atoms with Crippen LogP contribution >= 0.6 is 0 Å². The largest absolute Gasteiger partial charge is 0.462 e. The van der Waals surface area contributed by atoms with Crippen LogP contribution in [0.25, 0.3) is 0 Å². The SMILES string of the molecule is CC/C=C\C/C=C\C/C=C\C/C=C\CCCCCCCCC(=O)OCC(COC(=O)CCCC/C=C\C/C=C\CC)OC(=O)CCCCCCC\C=C/C=C\C=C/CCCCCCC. The molecule has 0 bridgehead atoms. The molecule has 0 saturated heterocycles. The molecule has 0 N–H and O–H groups in total. The van der Waals surface area contributed by atoms with Gasteiger partial charge in [-0.2, -0.15) is 0 Å². The highest BCUT2D eigenvalue weighted by atomic mass is 16.6. The van der Waals surface area contributed by atoms with E-state index in [-0.39, 0.29) is 31.1 Å². The highest BCUT2D eigenvalue weighted by molar-refractivity contribution is 5.71. The standard InChI is InChI=1S/C58H94O6/c1-4-7-10-13-16-19-21-23-25-27-29-31-32-34-36-39-42-45-48-51-57(60)63-54-55(53-62-56(59)50-47-44-41-38-18-15-12-9-6-3)64-58(61)52-49-46-43-40-37-35-33-30-28-26-24-22-20-17-14-11-8-5-2/h7,9-10,12,16,18-19,22-26,28-31,33,38,55H,4-6,8,11,13-15,17,20-21,27,32,34-37,39-54H2,1-3H3/b10-7-,12-9-,19-16-,24-22-,25-23-,28-26-,31-29-,33-30-,38-18-. The van der Waals surface area contributed by atoms with Crippen molar-refractivity contribution in [3.8, 4) is 0 Å². The third-order valence-electron chi connectivity index (χ3n) is 10.6. The van der Waals surface area contributed by atoms with Gasteiger partial charge in [-0.05, 0) is 109 Å². The van der Waals surface area contributed by atoms with Crippen LogP contribution in [0.5, 0.6) is 0 Å². The van der Waals surface area contributed by atoms with Crippen molar-refractivity contribution < 1.29 is 28.6 Å². The van der Waals surface area contributed by atoms with Crippen LogP contribution in [0.3, 0.4) is 0 Å². The Kier molecular flexibility index (Phi) is 48.5. The van der Waals surface area contributed by atoms with Crippen LogP contribution in [0.15, 0.2) is 109 Å². The topological polar surface area (TPSA) is 78.9 Å². The summed E-state index contributed by atoms with van der Waals surface area (Å²) in [6, 6.07) is 0. The van der Waals surface area contributed by atoms with Crippen molar-refractivity contribution in [2.24, 2.45) is 0 Å². The quantitative estimate of drug-likeness (QED) is 0.0199. The molecular formula is C58H94O6. The molecule has 0 fully saturated rings. The second-order valence-electron chi connectivity index (χ2n) is 16.7. The molecule has 0 radical (unpaired) electrons. The van der Waals surface area contributed by atoms with E-state index in [9.17, 15) is 14.4 Å². The van der Waals surface area contributed by atoms with Gasteiger partial charge in [0.2, 0.25) is 0 Å². The molecule has 6 nitrogen and oxygen atoms in total. The summed E-state index contributed by atoms with van der Waals surface area (Å²) in [7, 11) is 0. The Morgan fingerprint density at radius 2 is 0.672 bits per heavy atom. The first-order valence-corrected chi connectivity index (χ1v) is 25.9. The van der Waals surface area contributed by atoms with Gasteiger partial charge in [0.05, 0.1) is 0 Å². The van der Waals surface area contributed by atoms with Crippen molar-refractivity contribution in [1.29, 1.82) is 0 Å². The molecule has 0 amide bonds. The van der Waals surface area contributed by atoms with E-state index < -0.39 is 6.10 Å². The maximum Gasteiger partial charge on any atom is 0.306 e. The molecule has 0 aliphatic carbocycles. The van der Waals surface area contributed by atoms with Crippen molar-refractivity contribution >= 4 is 17.9 Å². The van der Waals surface area contributed by atoms with Gasteiger partial charge in [0.25, 0.3) is 0 Å². The highest BCUT2D eigenvalue weighted by Gasteiger charge is 2.19. The number of esters is 3. The number of carbonyl (C=O) groups is 3. The summed E-state index contributed by atoms with van der Waals surface area (Å²) >= 11 is 0. The minimum Gasteiger partial charge on any atom is -0.462 e. The van der Waals surface area contributed by atoms with Crippen LogP contribution < -0.4 is 0 Å². The van der Waals surface area contributed by atoms with E-state index in [1.807, 2.05) is 0 Å². The van der Waals surface area contributed by atoms with E-state index >= 15 is 0 Å². The summed E-state index contributed by atoms with van der Waals surface area (Å²) in [6.07, 6.45) is 69.4. The Morgan fingerprint density at radius 1 is 0.344 bits per heavy atom. The molecule has 6 heteroatoms. The predicted molar refractivity (Wildman–Crippen MR) is 274 cm³/mol. The monoisotopic (exact) mass is 887 g/mol. The van der Waals surface area contributed by atoms with Crippen LogP contribution in [0.2, 0.25) is 0 Å². The Bertz CT molecular complexity index is 1340. The molecule has 64 heavy (non-hydrogen) atoms. The van der Waals surface area contributed by atoms with Gasteiger partial charge in [-0.1, -0.05) is 201 Å². The third-order valence-corrected chi connectivity index (χ3v) is 10.6. The van der Waals surface area contributed by atoms with Crippen molar-refractivity contribution in [2.75, 3.05) is 13.2 Å². The number of rotatable bonds is 45. The summed E-state index contributed by atoms with van der Waals surface area (Å²) in [5.74, 6) is -0.983. The number of unbranched alkanes of at least 4 members (excludes halogenated alkanes) is 18. The zero-order valence-corrected chi connectivity index (χ0v) is 41.3. The maximum atomic E-state index is 12.8. The molecule has 1 atom stereocenters. The first kappa shape index (κ1) is 60.1. The maximum absolute atomic E-state index is 12.8.